The van der Waals surface area contributed by atoms with Gasteiger partial charge >= 0.3 is 0 Å². The molecule has 3 aromatic carbocycles. The van der Waals surface area contributed by atoms with Crippen LogP contribution in [0.25, 0.3) is 0 Å². The van der Waals surface area contributed by atoms with Crippen molar-refractivity contribution >= 4 is 23.2 Å². The largest absolute Gasteiger partial charge is 0.325 e. The molecule has 0 bridgehead atoms. The fourth-order valence-electron chi connectivity index (χ4n) is 4.25. The van der Waals surface area contributed by atoms with Gasteiger partial charge in [0.1, 0.15) is 11.6 Å². The van der Waals surface area contributed by atoms with Crippen molar-refractivity contribution < 1.29 is 13.6 Å². The molecule has 0 saturated carbocycles. The Morgan fingerprint density at radius 2 is 1.39 bits per heavy atom. The molecular formula is C26H26ClF2N3O. The van der Waals surface area contributed by atoms with E-state index >= 15 is 0 Å². The Hall–Kier alpha value is -2.80. The van der Waals surface area contributed by atoms with Crippen LogP contribution in [-0.4, -0.2) is 48.4 Å². The summed E-state index contributed by atoms with van der Waals surface area (Å²) in [6.45, 7) is 3.35. The molecule has 1 aliphatic rings. The van der Waals surface area contributed by atoms with Crippen LogP contribution in [-0.2, 0) is 4.79 Å². The highest BCUT2D eigenvalue weighted by molar-refractivity contribution is 6.30. The molecule has 4 rings (SSSR count). The Morgan fingerprint density at radius 3 is 1.97 bits per heavy atom. The maximum absolute atomic E-state index is 13.5. The fourth-order valence-corrected chi connectivity index (χ4v) is 4.37. The smallest absolute Gasteiger partial charge is 0.238 e. The highest BCUT2D eigenvalue weighted by Gasteiger charge is 2.26. The molecule has 0 spiro atoms. The average molecular weight is 470 g/mol. The standard InChI is InChI=1S/C26H26ClF2N3O/c27-21-6-12-24(13-7-21)30-25(33)18-31-14-1-15-32(17-16-31)26(19-2-8-22(28)9-3-19)20-4-10-23(29)11-5-20/h2-13,26H,1,14-18H2,(H,30,33). The molecule has 1 fully saturated rings. The Labute approximate surface area is 197 Å². The van der Waals surface area contributed by atoms with Crippen molar-refractivity contribution in [1.29, 1.82) is 0 Å². The summed E-state index contributed by atoms with van der Waals surface area (Å²) >= 11 is 5.90. The SMILES string of the molecule is O=C(CN1CCCN(C(c2ccc(F)cc2)c2ccc(F)cc2)CC1)Nc1ccc(Cl)cc1. The summed E-state index contributed by atoms with van der Waals surface area (Å²) in [5, 5.41) is 3.53. The van der Waals surface area contributed by atoms with E-state index in [0.29, 0.717) is 23.8 Å². The first-order chi connectivity index (χ1) is 16.0. The first-order valence-corrected chi connectivity index (χ1v) is 11.4. The summed E-state index contributed by atoms with van der Waals surface area (Å²) in [5.74, 6) is -0.643. The molecule has 1 heterocycles. The normalized spacial score (nSPS) is 15.4. The zero-order valence-electron chi connectivity index (χ0n) is 18.2. The van der Waals surface area contributed by atoms with Crippen LogP contribution < -0.4 is 5.32 Å². The van der Waals surface area contributed by atoms with Crippen LogP contribution in [0.3, 0.4) is 0 Å². The first-order valence-electron chi connectivity index (χ1n) is 11.0. The van der Waals surface area contributed by atoms with E-state index < -0.39 is 0 Å². The fraction of sp³-hybridized carbons (Fsp3) is 0.269. The predicted octanol–water partition coefficient (Wildman–Crippen LogP) is 5.35. The lowest BCUT2D eigenvalue weighted by Crippen LogP contribution is -2.37. The second kappa shape index (κ2) is 10.9. The number of nitrogens with zero attached hydrogens (tertiary/aromatic N) is 2. The number of hydrogen-bond acceptors (Lipinski definition) is 3. The van der Waals surface area contributed by atoms with Crippen LogP contribution in [0.1, 0.15) is 23.6 Å². The number of hydrogen-bond donors (Lipinski definition) is 1. The zero-order valence-corrected chi connectivity index (χ0v) is 18.9. The molecule has 7 heteroatoms. The van der Waals surface area contributed by atoms with Gasteiger partial charge in [0, 0.05) is 30.3 Å². The Morgan fingerprint density at radius 1 is 0.818 bits per heavy atom. The van der Waals surface area contributed by atoms with E-state index in [4.69, 9.17) is 11.6 Å². The summed E-state index contributed by atoms with van der Waals surface area (Å²) in [7, 11) is 0. The van der Waals surface area contributed by atoms with E-state index in [2.05, 4.69) is 15.1 Å². The summed E-state index contributed by atoms with van der Waals surface area (Å²) < 4.78 is 27.1. The Balaban J connectivity index is 1.44. The molecule has 0 unspecified atom stereocenters. The van der Waals surface area contributed by atoms with E-state index in [0.717, 1.165) is 37.2 Å². The van der Waals surface area contributed by atoms with Crippen LogP contribution in [0.2, 0.25) is 5.02 Å². The predicted molar refractivity (Wildman–Crippen MR) is 127 cm³/mol. The van der Waals surface area contributed by atoms with Crippen LogP contribution in [0, 0.1) is 11.6 Å². The molecule has 172 valence electrons. The van der Waals surface area contributed by atoms with Gasteiger partial charge in [-0.1, -0.05) is 35.9 Å². The molecule has 0 atom stereocenters. The van der Waals surface area contributed by atoms with Gasteiger partial charge in [0.05, 0.1) is 12.6 Å². The van der Waals surface area contributed by atoms with Gasteiger partial charge in [-0.05, 0) is 72.6 Å². The average Bonchev–Trinajstić information content (AvgIpc) is 3.03. The minimum atomic E-state index is -0.287. The lowest BCUT2D eigenvalue weighted by Gasteiger charge is -2.31. The third kappa shape index (κ3) is 6.38. The monoisotopic (exact) mass is 469 g/mol. The number of rotatable bonds is 6. The van der Waals surface area contributed by atoms with Gasteiger partial charge in [-0.25, -0.2) is 8.78 Å². The zero-order chi connectivity index (χ0) is 23.2. The molecular weight excluding hydrogens is 444 g/mol. The Kier molecular flexibility index (Phi) is 7.70. The van der Waals surface area contributed by atoms with Crippen molar-refractivity contribution in [2.75, 3.05) is 38.0 Å². The number of carbonyl (C=O) groups is 1. The van der Waals surface area contributed by atoms with Gasteiger partial charge in [-0.3, -0.25) is 14.6 Å². The van der Waals surface area contributed by atoms with Crippen LogP contribution in [0.5, 0.6) is 0 Å². The minimum Gasteiger partial charge on any atom is -0.325 e. The van der Waals surface area contributed by atoms with E-state index in [-0.39, 0.29) is 23.6 Å². The summed E-state index contributed by atoms with van der Waals surface area (Å²) in [6.07, 6.45) is 0.882. The topological polar surface area (TPSA) is 35.6 Å². The number of anilines is 1. The number of halogens is 3. The van der Waals surface area contributed by atoms with E-state index in [1.807, 2.05) is 0 Å². The van der Waals surface area contributed by atoms with Crippen LogP contribution in [0.4, 0.5) is 14.5 Å². The highest BCUT2D eigenvalue weighted by atomic mass is 35.5. The van der Waals surface area contributed by atoms with Gasteiger partial charge in [-0.2, -0.15) is 0 Å². The van der Waals surface area contributed by atoms with Crippen molar-refractivity contribution in [3.63, 3.8) is 0 Å². The quantitative estimate of drug-likeness (QED) is 0.528. The summed E-state index contributed by atoms with van der Waals surface area (Å²) in [5.41, 5.74) is 2.63. The van der Waals surface area contributed by atoms with E-state index in [1.165, 1.54) is 24.3 Å². The molecule has 0 aliphatic carbocycles. The minimum absolute atomic E-state index is 0.0700. The molecule has 0 aromatic heterocycles. The molecule has 33 heavy (non-hydrogen) atoms. The van der Waals surface area contributed by atoms with Crippen LogP contribution >= 0.6 is 11.6 Å². The third-order valence-corrected chi connectivity index (χ3v) is 6.11. The maximum atomic E-state index is 13.5. The van der Waals surface area contributed by atoms with Crippen molar-refractivity contribution in [3.05, 3.63) is 101 Å². The van der Waals surface area contributed by atoms with Gasteiger partial charge in [0.15, 0.2) is 0 Å². The lowest BCUT2D eigenvalue weighted by molar-refractivity contribution is -0.117. The third-order valence-electron chi connectivity index (χ3n) is 5.85. The molecule has 3 aromatic rings. The molecule has 4 nitrogen and oxygen atoms in total. The van der Waals surface area contributed by atoms with Gasteiger partial charge in [0.2, 0.25) is 5.91 Å². The summed E-state index contributed by atoms with van der Waals surface area (Å²) in [4.78, 5) is 17.0. The van der Waals surface area contributed by atoms with Crippen molar-refractivity contribution in [3.8, 4) is 0 Å². The maximum Gasteiger partial charge on any atom is 0.238 e. The Bertz CT molecular complexity index is 1010. The molecule has 1 N–H and O–H groups in total. The van der Waals surface area contributed by atoms with Gasteiger partial charge in [-0.15, -0.1) is 0 Å². The highest BCUT2D eigenvalue weighted by Crippen LogP contribution is 2.30. The molecule has 1 aliphatic heterocycles. The number of benzene rings is 3. The first kappa shape index (κ1) is 23.4. The van der Waals surface area contributed by atoms with E-state index in [9.17, 15) is 13.6 Å². The molecule has 1 amide bonds. The lowest BCUT2D eigenvalue weighted by atomic mass is 9.96. The number of carbonyl (C=O) groups excluding carboxylic acids is 1. The number of nitrogens with one attached hydrogen (secondary N) is 1. The van der Waals surface area contributed by atoms with Gasteiger partial charge < -0.3 is 5.32 Å². The van der Waals surface area contributed by atoms with Crippen molar-refractivity contribution in [2.45, 2.75) is 12.5 Å². The van der Waals surface area contributed by atoms with Crippen molar-refractivity contribution in [2.24, 2.45) is 0 Å². The van der Waals surface area contributed by atoms with Crippen molar-refractivity contribution in [1.82, 2.24) is 9.80 Å². The van der Waals surface area contributed by atoms with Crippen LogP contribution in [0.15, 0.2) is 72.8 Å². The molecule has 1 saturated heterocycles. The number of amides is 1. The molecule has 0 radical (unpaired) electrons. The summed E-state index contributed by atoms with van der Waals surface area (Å²) in [6, 6.07) is 19.9. The second-order valence-corrected chi connectivity index (χ2v) is 8.66. The van der Waals surface area contributed by atoms with E-state index in [1.54, 1.807) is 48.5 Å². The second-order valence-electron chi connectivity index (χ2n) is 8.23. The van der Waals surface area contributed by atoms with Gasteiger partial charge in [0.25, 0.3) is 0 Å².